The van der Waals surface area contributed by atoms with Crippen LogP contribution >= 0.6 is 15.9 Å². The van der Waals surface area contributed by atoms with E-state index >= 15 is 0 Å². The van der Waals surface area contributed by atoms with Crippen LogP contribution in [0.15, 0.2) is 18.3 Å². The first kappa shape index (κ1) is 11.6. The summed E-state index contributed by atoms with van der Waals surface area (Å²) in [5.74, 6) is 0.104. The van der Waals surface area contributed by atoms with Crippen molar-refractivity contribution in [2.24, 2.45) is 0 Å². The first-order valence-corrected chi connectivity index (χ1v) is 6.44. The predicted molar refractivity (Wildman–Crippen MR) is 66.8 cm³/mol. The Morgan fingerprint density at radius 1 is 1.44 bits per heavy atom. The Labute approximate surface area is 104 Å². The molecule has 1 amide bonds. The molecule has 0 spiro atoms. The Balaban J connectivity index is 2.05. The van der Waals surface area contributed by atoms with Gasteiger partial charge in [-0.1, -0.05) is 15.9 Å². The fourth-order valence-corrected chi connectivity index (χ4v) is 2.24. The molecule has 86 valence electrons. The third-order valence-electron chi connectivity index (χ3n) is 2.87. The minimum absolute atomic E-state index is 0.104. The van der Waals surface area contributed by atoms with Crippen LogP contribution in [0, 0.1) is 6.92 Å². The Morgan fingerprint density at radius 2 is 2.12 bits per heavy atom. The summed E-state index contributed by atoms with van der Waals surface area (Å²) in [5.41, 5.74) is 1.63. The molecule has 0 aliphatic carbocycles. The summed E-state index contributed by atoms with van der Waals surface area (Å²) in [6, 6.07) is 3.73. The molecule has 0 aromatic carbocycles. The van der Waals surface area contributed by atoms with E-state index in [2.05, 4.69) is 20.9 Å². The molecular formula is C12H15BrN2O. The fraction of sp³-hybridized carbons (Fsp3) is 0.500. The molecule has 0 radical (unpaired) electrons. The second kappa shape index (κ2) is 4.95. The summed E-state index contributed by atoms with van der Waals surface area (Å²) in [5, 5.41) is 0. The number of carbonyl (C=O) groups excluding carboxylic acids is 1. The molecule has 0 atom stereocenters. The number of carbonyl (C=O) groups is 1. The van der Waals surface area contributed by atoms with Crippen LogP contribution in [0.1, 0.15) is 28.9 Å². The van der Waals surface area contributed by atoms with E-state index in [1.165, 1.54) is 0 Å². The lowest BCUT2D eigenvalue weighted by molar-refractivity contribution is 0.0728. The zero-order valence-electron chi connectivity index (χ0n) is 9.32. The first-order chi connectivity index (χ1) is 7.66. The largest absolute Gasteiger partial charge is 0.339 e. The van der Waals surface area contributed by atoms with Crippen molar-refractivity contribution in [3.63, 3.8) is 0 Å². The first-order valence-electron chi connectivity index (χ1n) is 5.53. The molecule has 2 rings (SSSR count). The van der Waals surface area contributed by atoms with Crippen LogP contribution in [0.25, 0.3) is 0 Å². The van der Waals surface area contributed by atoms with Crippen molar-refractivity contribution in [2.75, 3.05) is 13.1 Å². The van der Waals surface area contributed by atoms with E-state index in [0.717, 1.165) is 31.6 Å². The van der Waals surface area contributed by atoms with Gasteiger partial charge >= 0.3 is 0 Å². The molecule has 0 saturated carbocycles. The molecule has 0 unspecified atom stereocenters. The molecule has 0 N–H and O–H groups in total. The summed E-state index contributed by atoms with van der Waals surface area (Å²) >= 11 is 3.58. The number of aromatic nitrogens is 1. The van der Waals surface area contributed by atoms with Crippen LogP contribution in [0.3, 0.4) is 0 Å². The summed E-state index contributed by atoms with van der Waals surface area (Å²) in [6.45, 7) is 3.59. The number of hydrogen-bond donors (Lipinski definition) is 0. The molecule has 1 aliphatic heterocycles. The predicted octanol–water partition coefficient (Wildman–Crippen LogP) is 2.39. The van der Waals surface area contributed by atoms with Crippen LogP contribution in [0.2, 0.25) is 0 Å². The van der Waals surface area contributed by atoms with E-state index in [4.69, 9.17) is 0 Å². The molecule has 16 heavy (non-hydrogen) atoms. The number of amides is 1. The third kappa shape index (κ3) is 2.61. The second-order valence-corrected chi connectivity index (χ2v) is 5.45. The van der Waals surface area contributed by atoms with Crippen LogP contribution in [-0.4, -0.2) is 33.7 Å². The molecular weight excluding hydrogens is 268 g/mol. The Bertz CT molecular complexity index is 369. The number of rotatable bonds is 1. The highest BCUT2D eigenvalue weighted by Crippen LogP contribution is 2.18. The van der Waals surface area contributed by atoms with Gasteiger partial charge in [-0.2, -0.15) is 0 Å². The second-order valence-electron chi connectivity index (χ2n) is 4.16. The topological polar surface area (TPSA) is 33.2 Å². The monoisotopic (exact) mass is 282 g/mol. The van der Waals surface area contributed by atoms with Gasteiger partial charge in [-0.3, -0.25) is 9.78 Å². The fourth-order valence-electron chi connectivity index (χ4n) is 1.83. The van der Waals surface area contributed by atoms with E-state index in [-0.39, 0.29) is 5.91 Å². The highest BCUT2D eigenvalue weighted by molar-refractivity contribution is 9.09. The summed E-state index contributed by atoms with van der Waals surface area (Å²) in [7, 11) is 0. The average Bonchev–Trinajstić information content (AvgIpc) is 2.30. The van der Waals surface area contributed by atoms with Crippen molar-refractivity contribution >= 4 is 21.8 Å². The minimum atomic E-state index is 0.104. The molecule has 1 aliphatic rings. The Morgan fingerprint density at radius 3 is 2.69 bits per heavy atom. The number of hydrogen-bond acceptors (Lipinski definition) is 2. The average molecular weight is 283 g/mol. The quantitative estimate of drug-likeness (QED) is 0.741. The maximum absolute atomic E-state index is 12.1. The molecule has 3 nitrogen and oxygen atoms in total. The van der Waals surface area contributed by atoms with Crippen molar-refractivity contribution in [3.05, 3.63) is 29.6 Å². The maximum atomic E-state index is 12.1. The van der Waals surface area contributed by atoms with Gasteiger partial charge in [0, 0.05) is 29.8 Å². The summed E-state index contributed by atoms with van der Waals surface area (Å²) < 4.78 is 0. The lowest BCUT2D eigenvalue weighted by Crippen LogP contribution is -2.38. The highest BCUT2D eigenvalue weighted by atomic mass is 79.9. The number of likely N-dealkylation sites (tertiary alicyclic amines) is 1. The Hall–Kier alpha value is -0.900. The van der Waals surface area contributed by atoms with Gasteiger partial charge in [0.1, 0.15) is 0 Å². The van der Waals surface area contributed by atoms with Gasteiger partial charge in [-0.25, -0.2) is 0 Å². The highest BCUT2D eigenvalue weighted by Gasteiger charge is 2.22. The number of nitrogens with zero attached hydrogens (tertiary/aromatic N) is 2. The Kier molecular flexibility index (Phi) is 3.59. The van der Waals surface area contributed by atoms with Crippen molar-refractivity contribution in [1.29, 1.82) is 0 Å². The smallest absolute Gasteiger partial charge is 0.255 e. The number of halogens is 1. The molecule has 1 fully saturated rings. The van der Waals surface area contributed by atoms with Crippen molar-refractivity contribution in [3.8, 4) is 0 Å². The van der Waals surface area contributed by atoms with Crippen LogP contribution in [0.4, 0.5) is 0 Å². The minimum Gasteiger partial charge on any atom is -0.339 e. The van der Waals surface area contributed by atoms with Crippen molar-refractivity contribution in [2.45, 2.75) is 24.6 Å². The zero-order chi connectivity index (χ0) is 11.5. The standard InChI is InChI=1S/C12H15BrN2O/c1-9-2-3-10(8-14-9)12(16)15-6-4-11(13)5-7-15/h2-3,8,11H,4-7H2,1H3. The van der Waals surface area contributed by atoms with Crippen molar-refractivity contribution < 1.29 is 4.79 Å². The maximum Gasteiger partial charge on any atom is 0.255 e. The number of pyridine rings is 1. The third-order valence-corrected chi connectivity index (χ3v) is 3.79. The molecule has 0 bridgehead atoms. The lowest BCUT2D eigenvalue weighted by atomic mass is 10.1. The SMILES string of the molecule is Cc1ccc(C(=O)N2CCC(Br)CC2)cn1. The molecule has 2 heterocycles. The van der Waals surface area contributed by atoms with Crippen LogP contribution < -0.4 is 0 Å². The molecule has 1 saturated heterocycles. The lowest BCUT2D eigenvalue weighted by Gasteiger charge is -2.29. The molecule has 4 heteroatoms. The van der Waals surface area contributed by atoms with Gasteiger partial charge in [-0.15, -0.1) is 0 Å². The summed E-state index contributed by atoms with van der Waals surface area (Å²) in [6.07, 6.45) is 3.73. The van der Waals surface area contributed by atoms with E-state index in [0.29, 0.717) is 10.4 Å². The van der Waals surface area contributed by atoms with Gasteiger partial charge < -0.3 is 4.90 Å². The molecule has 1 aromatic rings. The van der Waals surface area contributed by atoms with E-state index in [9.17, 15) is 4.79 Å². The number of alkyl halides is 1. The van der Waals surface area contributed by atoms with Gasteiger partial charge in [0.05, 0.1) is 5.56 Å². The zero-order valence-corrected chi connectivity index (χ0v) is 10.9. The number of piperidine rings is 1. The van der Waals surface area contributed by atoms with E-state index < -0.39 is 0 Å². The molecule has 1 aromatic heterocycles. The van der Waals surface area contributed by atoms with Gasteiger partial charge in [0.15, 0.2) is 0 Å². The summed E-state index contributed by atoms with van der Waals surface area (Å²) in [4.78, 5) is 18.7. The van der Waals surface area contributed by atoms with E-state index in [1.807, 2.05) is 24.0 Å². The normalized spacial score (nSPS) is 17.5. The van der Waals surface area contributed by atoms with Gasteiger partial charge in [-0.05, 0) is 31.9 Å². The van der Waals surface area contributed by atoms with Crippen molar-refractivity contribution in [1.82, 2.24) is 9.88 Å². The number of aryl methyl sites for hydroxylation is 1. The van der Waals surface area contributed by atoms with E-state index in [1.54, 1.807) is 6.20 Å². The van der Waals surface area contributed by atoms with Gasteiger partial charge in [0.25, 0.3) is 5.91 Å². The van der Waals surface area contributed by atoms with Gasteiger partial charge in [0.2, 0.25) is 0 Å². The van der Waals surface area contributed by atoms with Crippen LogP contribution in [0.5, 0.6) is 0 Å². The van der Waals surface area contributed by atoms with Crippen LogP contribution in [-0.2, 0) is 0 Å².